The van der Waals surface area contributed by atoms with E-state index in [1.807, 2.05) is 0 Å². The molecule has 0 bridgehead atoms. The van der Waals surface area contributed by atoms with Crippen LogP contribution in [-0.4, -0.2) is 37.9 Å². The Morgan fingerprint density at radius 2 is 1.62 bits per heavy atom. The summed E-state index contributed by atoms with van der Waals surface area (Å²) in [4.78, 5) is 24.3. The maximum Gasteiger partial charge on any atom is 0.329 e. The number of carbonyl (C=O) groups is 2. The van der Waals surface area contributed by atoms with Gasteiger partial charge in [-0.15, -0.1) is 0 Å². The Morgan fingerprint density at radius 3 is 2.30 bits per heavy atom. The van der Waals surface area contributed by atoms with Gasteiger partial charge in [-0.05, 0) is 66.2 Å². The van der Waals surface area contributed by atoms with E-state index >= 15 is 0 Å². The molecule has 10 nitrogen and oxygen atoms in total. The molecular weight excluding hydrogens is 556 g/mol. The van der Waals surface area contributed by atoms with Crippen molar-refractivity contribution >= 4 is 45.3 Å². The standard InChI is InChI=1S/C28H25ClN4O6S/c1-38-23-13-11-22(12-14-23)31-27(34)28(35)32-30-17-24-15-16-25(39-24)19-33(18-20-7-9-21(29)10-8-20)40(36,37)26-5-3-2-4-6-26/h2-17H,18-19H2,1H3,(H,31,34)(H,32,35)/b30-17+. The van der Waals surface area contributed by atoms with Gasteiger partial charge in [-0.2, -0.15) is 9.41 Å². The molecule has 1 aromatic heterocycles. The first-order valence-electron chi connectivity index (χ1n) is 11.9. The van der Waals surface area contributed by atoms with Crippen LogP contribution in [0.1, 0.15) is 17.1 Å². The molecule has 0 aliphatic heterocycles. The number of anilines is 1. The minimum atomic E-state index is -3.87. The molecule has 206 valence electrons. The molecule has 0 aliphatic rings. The van der Waals surface area contributed by atoms with E-state index in [1.54, 1.807) is 78.9 Å². The van der Waals surface area contributed by atoms with Gasteiger partial charge in [0.05, 0.1) is 24.8 Å². The van der Waals surface area contributed by atoms with Crippen LogP contribution in [0.4, 0.5) is 5.69 Å². The number of furan rings is 1. The van der Waals surface area contributed by atoms with Gasteiger partial charge in [-0.25, -0.2) is 13.8 Å². The maximum absolute atomic E-state index is 13.4. The van der Waals surface area contributed by atoms with Gasteiger partial charge in [0.25, 0.3) is 0 Å². The summed E-state index contributed by atoms with van der Waals surface area (Å²) in [6.45, 7) is 0.0161. The molecule has 2 N–H and O–H groups in total. The van der Waals surface area contributed by atoms with E-state index in [4.69, 9.17) is 20.8 Å². The van der Waals surface area contributed by atoms with Gasteiger partial charge in [-0.3, -0.25) is 9.59 Å². The highest BCUT2D eigenvalue weighted by Gasteiger charge is 2.26. The topological polar surface area (TPSA) is 130 Å². The number of methoxy groups -OCH3 is 1. The number of amides is 2. The van der Waals surface area contributed by atoms with Crippen molar-refractivity contribution in [3.63, 3.8) is 0 Å². The minimum absolute atomic E-state index is 0.0652. The fraction of sp³-hybridized carbons (Fsp3) is 0.107. The van der Waals surface area contributed by atoms with Gasteiger partial charge in [0.15, 0.2) is 0 Å². The molecule has 12 heteroatoms. The number of halogens is 1. The zero-order valence-electron chi connectivity index (χ0n) is 21.3. The van der Waals surface area contributed by atoms with E-state index in [0.717, 1.165) is 5.56 Å². The van der Waals surface area contributed by atoms with Gasteiger partial charge < -0.3 is 14.5 Å². The summed E-state index contributed by atoms with van der Waals surface area (Å²) in [6.07, 6.45) is 1.21. The number of nitrogens with zero attached hydrogens (tertiary/aromatic N) is 2. The number of sulfonamides is 1. The monoisotopic (exact) mass is 580 g/mol. The number of nitrogens with one attached hydrogen (secondary N) is 2. The number of rotatable bonds is 10. The molecule has 0 unspecified atom stereocenters. The third-order valence-electron chi connectivity index (χ3n) is 5.58. The van der Waals surface area contributed by atoms with E-state index in [9.17, 15) is 18.0 Å². The Labute approximate surface area is 236 Å². The van der Waals surface area contributed by atoms with Crippen LogP contribution in [0.3, 0.4) is 0 Å². The predicted octanol–water partition coefficient (Wildman–Crippen LogP) is 4.42. The molecule has 1 heterocycles. The first-order chi connectivity index (χ1) is 19.2. The van der Waals surface area contributed by atoms with E-state index in [-0.39, 0.29) is 23.7 Å². The third kappa shape index (κ3) is 7.56. The lowest BCUT2D eigenvalue weighted by Crippen LogP contribution is -2.32. The largest absolute Gasteiger partial charge is 0.497 e. The van der Waals surface area contributed by atoms with Crippen LogP contribution in [0.25, 0.3) is 0 Å². The molecular formula is C28H25ClN4O6S. The van der Waals surface area contributed by atoms with Gasteiger partial charge in [-0.1, -0.05) is 41.9 Å². The lowest BCUT2D eigenvalue weighted by atomic mass is 10.2. The highest BCUT2D eigenvalue weighted by Crippen LogP contribution is 2.22. The molecule has 0 saturated carbocycles. The Kier molecular flexibility index (Phi) is 9.33. The summed E-state index contributed by atoms with van der Waals surface area (Å²) in [6, 6.07) is 24.6. The Bertz CT molecular complexity index is 1590. The lowest BCUT2D eigenvalue weighted by molar-refractivity contribution is -0.136. The molecule has 3 aromatic carbocycles. The van der Waals surface area contributed by atoms with Crippen molar-refractivity contribution in [3.05, 3.63) is 113 Å². The van der Waals surface area contributed by atoms with E-state index in [2.05, 4.69) is 15.8 Å². The number of hydrogen-bond donors (Lipinski definition) is 2. The molecule has 4 aromatic rings. The van der Waals surface area contributed by atoms with Gasteiger partial charge in [0.2, 0.25) is 10.0 Å². The van der Waals surface area contributed by atoms with Crippen molar-refractivity contribution in [2.75, 3.05) is 12.4 Å². The maximum atomic E-state index is 13.4. The Hall–Kier alpha value is -4.45. The smallest absolute Gasteiger partial charge is 0.329 e. The zero-order chi connectivity index (χ0) is 28.5. The van der Waals surface area contributed by atoms with Crippen molar-refractivity contribution in [1.29, 1.82) is 0 Å². The molecule has 0 radical (unpaired) electrons. The van der Waals surface area contributed by atoms with Crippen molar-refractivity contribution in [2.45, 2.75) is 18.0 Å². The second-order valence-corrected chi connectivity index (χ2v) is 10.8. The van der Waals surface area contributed by atoms with Gasteiger partial charge in [0, 0.05) is 17.3 Å². The highest BCUT2D eigenvalue weighted by atomic mass is 35.5. The van der Waals surface area contributed by atoms with Gasteiger partial charge >= 0.3 is 11.8 Å². The van der Waals surface area contributed by atoms with Crippen molar-refractivity contribution in [1.82, 2.24) is 9.73 Å². The SMILES string of the molecule is COc1ccc(NC(=O)C(=O)N/N=C/c2ccc(CN(Cc3ccc(Cl)cc3)S(=O)(=O)c3ccccc3)o2)cc1. The molecule has 0 fully saturated rings. The zero-order valence-corrected chi connectivity index (χ0v) is 22.9. The second kappa shape index (κ2) is 13.1. The second-order valence-electron chi connectivity index (χ2n) is 8.40. The minimum Gasteiger partial charge on any atom is -0.497 e. The number of hydrazone groups is 1. The molecule has 2 amide bonds. The Morgan fingerprint density at radius 1 is 0.925 bits per heavy atom. The number of benzene rings is 3. The summed E-state index contributed by atoms with van der Waals surface area (Å²) in [5.41, 5.74) is 3.28. The highest BCUT2D eigenvalue weighted by molar-refractivity contribution is 7.89. The molecule has 40 heavy (non-hydrogen) atoms. The van der Waals surface area contributed by atoms with Crippen LogP contribution in [-0.2, 0) is 32.7 Å². The van der Waals surface area contributed by atoms with Crippen LogP contribution in [0.5, 0.6) is 5.75 Å². The van der Waals surface area contributed by atoms with E-state index in [0.29, 0.717) is 22.2 Å². The average Bonchev–Trinajstić information content (AvgIpc) is 3.41. The quantitative estimate of drug-likeness (QED) is 0.162. The lowest BCUT2D eigenvalue weighted by Gasteiger charge is -2.21. The molecule has 0 aliphatic carbocycles. The van der Waals surface area contributed by atoms with Crippen LogP contribution in [0.15, 0.2) is 105 Å². The fourth-order valence-electron chi connectivity index (χ4n) is 3.55. The summed E-state index contributed by atoms with van der Waals surface area (Å²) < 4.78 is 38.9. The molecule has 0 spiro atoms. The predicted molar refractivity (Wildman–Crippen MR) is 150 cm³/mol. The number of carbonyl (C=O) groups excluding carboxylic acids is 2. The van der Waals surface area contributed by atoms with Crippen LogP contribution in [0, 0.1) is 0 Å². The van der Waals surface area contributed by atoms with Crippen molar-refractivity contribution < 1.29 is 27.2 Å². The summed E-state index contributed by atoms with van der Waals surface area (Å²) in [5.74, 6) is -0.697. The normalized spacial score (nSPS) is 11.5. The third-order valence-corrected chi connectivity index (χ3v) is 7.64. The summed E-state index contributed by atoms with van der Waals surface area (Å²) in [7, 11) is -2.35. The summed E-state index contributed by atoms with van der Waals surface area (Å²) >= 11 is 5.98. The Balaban J connectivity index is 1.41. The van der Waals surface area contributed by atoms with E-state index < -0.39 is 21.8 Å². The van der Waals surface area contributed by atoms with Crippen molar-refractivity contribution in [2.24, 2.45) is 5.10 Å². The number of hydrogen-bond acceptors (Lipinski definition) is 7. The first-order valence-corrected chi connectivity index (χ1v) is 13.7. The van der Waals surface area contributed by atoms with Crippen LogP contribution >= 0.6 is 11.6 Å². The average molecular weight is 581 g/mol. The molecule has 4 rings (SSSR count). The summed E-state index contributed by atoms with van der Waals surface area (Å²) in [5, 5.41) is 6.74. The number of ether oxygens (including phenoxy) is 1. The van der Waals surface area contributed by atoms with E-state index in [1.165, 1.54) is 29.8 Å². The molecule has 0 atom stereocenters. The van der Waals surface area contributed by atoms with Crippen LogP contribution < -0.4 is 15.5 Å². The van der Waals surface area contributed by atoms with Crippen molar-refractivity contribution in [3.8, 4) is 5.75 Å². The van der Waals surface area contributed by atoms with Gasteiger partial charge in [0.1, 0.15) is 17.3 Å². The molecule has 0 saturated heterocycles. The fourth-order valence-corrected chi connectivity index (χ4v) is 5.09. The first kappa shape index (κ1) is 28.6. The van der Waals surface area contributed by atoms with Crippen LogP contribution in [0.2, 0.25) is 5.02 Å².